The minimum absolute atomic E-state index is 0.0332. The van der Waals surface area contributed by atoms with Gasteiger partial charge in [-0.2, -0.15) is 0 Å². The van der Waals surface area contributed by atoms with Crippen LogP contribution in [0.4, 0.5) is 4.79 Å². The molecule has 5 heteroatoms. The van der Waals surface area contributed by atoms with Crippen LogP contribution in [-0.2, 0) is 11.3 Å². The van der Waals surface area contributed by atoms with Crippen LogP contribution in [-0.4, -0.2) is 36.6 Å². The summed E-state index contributed by atoms with van der Waals surface area (Å²) < 4.78 is 5.25. The van der Waals surface area contributed by atoms with E-state index in [0.29, 0.717) is 12.1 Å². The molecule has 0 aliphatic carbocycles. The summed E-state index contributed by atoms with van der Waals surface area (Å²) in [6.07, 6.45) is -0.445. The summed E-state index contributed by atoms with van der Waals surface area (Å²) in [6.45, 7) is 5.85. The van der Waals surface area contributed by atoms with E-state index in [1.807, 2.05) is 57.2 Å². The molecule has 0 bridgehead atoms. The standard InChI is InChI=1S/C19H24N2O3/c1-19(2,3)24-18(23)20-12-15-8-6-7-13-11-14(9-10-16(13)15)17(22)21(4)5/h6-11H,12H2,1-5H3,(H,20,23). The monoisotopic (exact) mass is 328 g/mol. The van der Waals surface area contributed by atoms with Gasteiger partial charge in [-0.15, -0.1) is 0 Å². The number of ether oxygens (including phenoxy) is 1. The summed E-state index contributed by atoms with van der Waals surface area (Å²) in [5.74, 6) is -0.0332. The van der Waals surface area contributed by atoms with Crippen molar-refractivity contribution in [1.82, 2.24) is 10.2 Å². The van der Waals surface area contributed by atoms with Crippen LogP contribution >= 0.6 is 0 Å². The molecule has 2 aromatic carbocycles. The second kappa shape index (κ2) is 6.91. The van der Waals surface area contributed by atoms with Crippen LogP contribution < -0.4 is 5.32 Å². The molecule has 5 nitrogen and oxygen atoms in total. The van der Waals surface area contributed by atoms with Crippen molar-refractivity contribution in [3.05, 3.63) is 47.5 Å². The number of carbonyl (C=O) groups excluding carboxylic acids is 2. The van der Waals surface area contributed by atoms with Gasteiger partial charge in [0.25, 0.3) is 5.91 Å². The van der Waals surface area contributed by atoms with Crippen molar-refractivity contribution < 1.29 is 14.3 Å². The topological polar surface area (TPSA) is 58.6 Å². The lowest BCUT2D eigenvalue weighted by atomic mass is 10.0. The number of fused-ring (bicyclic) bond motifs is 1. The Morgan fingerprint density at radius 1 is 1.12 bits per heavy atom. The van der Waals surface area contributed by atoms with E-state index in [1.54, 1.807) is 19.0 Å². The molecule has 0 atom stereocenters. The number of benzene rings is 2. The van der Waals surface area contributed by atoms with E-state index in [9.17, 15) is 9.59 Å². The molecule has 2 aromatic rings. The molecule has 2 rings (SSSR count). The summed E-state index contributed by atoms with van der Waals surface area (Å²) in [4.78, 5) is 25.4. The van der Waals surface area contributed by atoms with E-state index in [-0.39, 0.29) is 5.91 Å². The summed E-state index contributed by atoms with van der Waals surface area (Å²) in [6, 6.07) is 11.4. The lowest BCUT2D eigenvalue weighted by Gasteiger charge is -2.20. The third-order valence-corrected chi connectivity index (χ3v) is 3.45. The van der Waals surface area contributed by atoms with Gasteiger partial charge in [0.05, 0.1) is 0 Å². The number of nitrogens with zero attached hydrogens (tertiary/aromatic N) is 1. The Bertz CT molecular complexity index is 761. The Morgan fingerprint density at radius 3 is 2.46 bits per heavy atom. The van der Waals surface area contributed by atoms with Gasteiger partial charge in [0.2, 0.25) is 0 Å². The molecule has 0 unspecified atom stereocenters. The molecule has 0 aliphatic heterocycles. The molecule has 0 fully saturated rings. The van der Waals surface area contributed by atoms with Crippen molar-refractivity contribution in [3.63, 3.8) is 0 Å². The van der Waals surface area contributed by atoms with Gasteiger partial charge >= 0.3 is 6.09 Å². The second-order valence-electron chi connectivity index (χ2n) is 6.91. The minimum Gasteiger partial charge on any atom is -0.444 e. The van der Waals surface area contributed by atoms with Gasteiger partial charge in [0.1, 0.15) is 5.60 Å². The van der Waals surface area contributed by atoms with Crippen molar-refractivity contribution in [2.45, 2.75) is 32.9 Å². The SMILES string of the molecule is CN(C)C(=O)c1ccc2c(CNC(=O)OC(C)(C)C)cccc2c1. The minimum atomic E-state index is -0.524. The van der Waals surface area contributed by atoms with Crippen LogP contribution in [0.25, 0.3) is 10.8 Å². The fraction of sp³-hybridized carbons (Fsp3) is 0.368. The number of carbonyl (C=O) groups is 2. The molecule has 128 valence electrons. The maximum Gasteiger partial charge on any atom is 0.407 e. The average Bonchev–Trinajstić information content (AvgIpc) is 2.49. The van der Waals surface area contributed by atoms with Gasteiger partial charge in [-0.1, -0.05) is 24.3 Å². The highest BCUT2D eigenvalue weighted by atomic mass is 16.6. The quantitative estimate of drug-likeness (QED) is 0.937. The lowest BCUT2D eigenvalue weighted by Crippen LogP contribution is -2.32. The zero-order chi connectivity index (χ0) is 17.9. The number of hydrogen-bond donors (Lipinski definition) is 1. The molecule has 0 heterocycles. The first-order valence-electron chi connectivity index (χ1n) is 7.87. The predicted octanol–water partition coefficient (Wildman–Crippen LogP) is 3.57. The summed E-state index contributed by atoms with van der Waals surface area (Å²) in [7, 11) is 3.46. The Hall–Kier alpha value is -2.56. The van der Waals surface area contributed by atoms with E-state index < -0.39 is 11.7 Å². The number of nitrogens with one attached hydrogen (secondary N) is 1. The molecule has 0 aliphatic rings. The van der Waals surface area contributed by atoms with Crippen molar-refractivity contribution in [2.24, 2.45) is 0 Å². The first-order chi connectivity index (χ1) is 11.2. The number of rotatable bonds is 3. The van der Waals surface area contributed by atoms with Crippen LogP contribution in [0.15, 0.2) is 36.4 Å². The van der Waals surface area contributed by atoms with E-state index in [1.165, 1.54) is 0 Å². The van der Waals surface area contributed by atoms with Gasteiger partial charge in [-0.05, 0) is 49.2 Å². The van der Waals surface area contributed by atoms with E-state index in [4.69, 9.17) is 4.74 Å². The van der Waals surface area contributed by atoms with Crippen LogP contribution in [0, 0.1) is 0 Å². The van der Waals surface area contributed by atoms with Crippen LogP contribution in [0.5, 0.6) is 0 Å². The maximum atomic E-state index is 12.1. The predicted molar refractivity (Wildman–Crippen MR) is 95.0 cm³/mol. The van der Waals surface area contributed by atoms with Gasteiger partial charge in [0.15, 0.2) is 0 Å². The Labute approximate surface area is 142 Å². The summed E-state index contributed by atoms with van der Waals surface area (Å²) in [5, 5.41) is 4.73. The van der Waals surface area contributed by atoms with Crippen LogP contribution in [0.2, 0.25) is 0 Å². The zero-order valence-electron chi connectivity index (χ0n) is 14.8. The zero-order valence-corrected chi connectivity index (χ0v) is 14.8. The summed E-state index contributed by atoms with van der Waals surface area (Å²) >= 11 is 0. The Morgan fingerprint density at radius 2 is 1.83 bits per heavy atom. The lowest BCUT2D eigenvalue weighted by molar-refractivity contribution is 0.0523. The van der Waals surface area contributed by atoms with Crippen molar-refractivity contribution in [2.75, 3.05) is 14.1 Å². The number of amides is 2. The molecular formula is C19H24N2O3. The summed E-state index contributed by atoms with van der Waals surface area (Å²) in [5.41, 5.74) is 1.09. The molecule has 24 heavy (non-hydrogen) atoms. The van der Waals surface area contributed by atoms with Gasteiger partial charge in [-0.25, -0.2) is 4.79 Å². The fourth-order valence-electron chi connectivity index (χ4n) is 2.38. The van der Waals surface area contributed by atoms with Crippen molar-refractivity contribution in [1.29, 1.82) is 0 Å². The van der Waals surface area contributed by atoms with Crippen LogP contribution in [0.3, 0.4) is 0 Å². The molecule has 0 spiro atoms. The van der Waals surface area contributed by atoms with Crippen molar-refractivity contribution >= 4 is 22.8 Å². The van der Waals surface area contributed by atoms with Gasteiger partial charge in [0, 0.05) is 26.2 Å². The van der Waals surface area contributed by atoms with Gasteiger partial charge < -0.3 is 15.0 Å². The van der Waals surface area contributed by atoms with E-state index in [0.717, 1.165) is 16.3 Å². The fourth-order valence-corrected chi connectivity index (χ4v) is 2.38. The highest BCUT2D eigenvalue weighted by Crippen LogP contribution is 2.21. The molecule has 0 aromatic heterocycles. The molecule has 1 N–H and O–H groups in total. The second-order valence-corrected chi connectivity index (χ2v) is 6.91. The molecule has 2 amide bonds. The van der Waals surface area contributed by atoms with Gasteiger partial charge in [-0.3, -0.25) is 4.79 Å². The molecular weight excluding hydrogens is 304 g/mol. The number of alkyl carbamates (subject to hydrolysis) is 1. The highest BCUT2D eigenvalue weighted by molar-refractivity contribution is 5.99. The van der Waals surface area contributed by atoms with E-state index in [2.05, 4.69) is 5.32 Å². The molecule has 0 saturated carbocycles. The smallest absolute Gasteiger partial charge is 0.407 e. The Balaban J connectivity index is 2.20. The first kappa shape index (κ1) is 17.8. The third kappa shape index (κ3) is 4.47. The molecule has 0 radical (unpaired) electrons. The average molecular weight is 328 g/mol. The highest BCUT2D eigenvalue weighted by Gasteiger charge is 2.16. The first-order valence-corrected chi connectivity index (χ1v) is 7.87. The van der Waals surface area contributed by atoms with Crippen molar-refractivity contribution in [3.8, 4) is 0 Å². The molecule has 0 saturated heterocycles. The van der Waals surface area contributed by atoms with Crippen LogP contribution in [0.1, 0.15) is 36.7 Å². The number of hydrogen-bond acceptors (Lipinski definition) is 3. The maximum absolute atomic E-state index is 12.1. The third-order valence-electron chi connectivity index (χ3n) is 3.45. The largest absolute Gasteiger partial charge is 0.444 e. The van der Waals surface area contributed by atoms with E-state index >= 15 is 0 Å². The Kier molecular flexibility index (Phi) is 5.12. The normalized spacial score (nSPS) is 11.2.